The van der Waals surface area contributed by atoms with E-state index < -0.39 is 12.1 Å². The minimum absolute atomic E-state index is 0.0197. The molecule has 0 bridgehead atoms. The van der Waals surface area contributed by atoms with E-state index in [0.717, 1.165) is 6.42 Å². The molecule has 2 rings (SSSR count). The number of aliphatic hydroxyl groups is 1. The number of esters is 1. The molecule has 0 radical (unpaired) electrons. The van der Waals surface area contributed by atoms with Crippen molar-refractivity contribution in [2.24, 2.45) is 0 Å². The fourth-order valence-electron chi connectivity index (χ4n) is 2.79. The number of hydrogen-bond donors (Lipinski definition) is 1. The summed E-state index contributed by atoms with van der Waals surface area (Å²) in [7, 11) is 0. The molecule has 2 aromatic rings. The highest BCUT2D eigenvalue weighted by atomic mass is 16.5. The van der Waals surface area contributed by atoms with Crippen LogP contribution >= 0.6 is 0 Å². The van der Waals surface area contributed by atoms with E-state index in [0.29, 0.717) is 13.1 Å². The Hall–Kier alpha value is -2.43. The Bertz CT molecular complexity index is 659. The second kappa shape index (κ2) is 11.3. The highest BCUT2D eigenvalue weighted by Crippen LogP contribution is 2.16. The van der Waals surface area contributed by atoms with Gasteiger partial charge < -0.3 is 9.84 Å². The quantitative estimate of drug-likeness (QED) is 0.510. The Balaban J connectivity index is 2.03. The van der Waals surface area contributed by atoms with E-state index in [1.54, 1.807) is 6.08 Å². The molecule has 27 heavy (non-hydrogen) atoms. The minimum Gasteiger partial charge on any atom is -0.460 e. The molecule has 0 fully saturated rings. The van der Waals surface area contributed by atoms with Crippen molar-refractivity contribution in [3.05, 3.63) is 83.9 Å². The highest BCUT2D eigenvalue weighted by Gasteiger charge is 2.23. The van der Waals surface area contributed by atoms with Crippen LogP contribution in [0.5, 0.6) is 0 Å². The minimum atomic E-state index is -0.767. The fraction of sp³-hybridized carbons (Fsp3) is 0.348. The molecule has 4 heteroatoms. The van der Waals surface area contributed by atoms with Crippen LogP contribution in [0.2, 0.25) is 0 Å². The van der Waals surface area contributed by atoms with Crippen LogP contribution in [0.3, 0.4) is 0 Å². The predicted molar refractivity (Wildman–Crippen MR) is 108 cm³/mol. The summed E-state index contributed by atoms with van der Waals surface area (Å²) in [5, 5.41) is 10.6. The molecule has 2 atom stereocenters. The van der Waals surface area contributed by atoms with Gasteiger partial charge in [0, 0.05) is 25.2 Å². The summed E-state index contributed by atoms with van der Waals surface area (Å²) in [6.07, 6.45) is 3.16. The molecule has 2 aromatic carbocycles. The molecular weight excluding hydrogens is 338 g/mol. The molecule has 1 N–H and O–H groups in total. The maximum absolute atomic E-state index is 11.6. The van der Waals surface area contributed by atoms with E-state index in [2.05, 4.69) is 29.2 Å². The number of benzene rings is 2. The number of allylic oxidation sites excluding steroid dienone is 1. The van der Waals surface area contributed by atoms with Gasteiger partial charge in [-0.25, -0.2) is 4.79 Å². The van der Waals surface area contributed by atoms with Crippen LogP contribution in [-0.2, 0) is 22.6 Å². The lowest BCUT2D eigenvalue weighted by Gasteiger charge is -2.32. The Morgan fingerprint density at radius 1 is 1.04 bits per heavy atom. The third-order valence-corrected chi connectivity index (χ3v) is 4.48. The molecule has 0 saturated carbocycles. The van der Waals surface area contributed by atoms with Crippen LogP contribution in [0.1, 0.15) is 31.4 Å². The number of rotatable bonds is 10. The summed E-state index contributed by atoms with van der Waals surface area (Å²) in [6, 6.07) is 20.2. The molecule has 0 unspecified atom stereocenters. The van der Waals surface area contributed by atoms with Crippen LogP contribution in [0.25, 0.3) is 0 Å². The van der Waals surface area contributed by atoms with Gasteiger partial charge in [0.1, 0.15) is 12.7 Å². The number of carbonyl (C=O) groups excluding carboxylic acids is 1. The number of aliphatic hydroxyl groups excluding tert-OH is 1. The summed E-state index contributed by atoms with van der Waals surface area (Å²) >= 11 is 0. The molecule has 0 aliphatic carbocycles. The van der Waals surface area contributed by atoms with Crippen LogP contribution in [0.15, 0.2) is 72.8 Å². The number of carbonyl (C=O) groups is 1. The van der Waals surface area contributed by atoms with Crippen molar-refractivity contribution < 1.29 is 14.6 Å². The standard InChI is InChI=1S/C23H29NO3/c1-3-4-15-23(26)27-18-22(25)19(2)24(16-20-11-7-5-8-12-20)17-21-13-9-6-10-14-21/h4-15,19,22,25H,3,16-18H2,1-2H3/b15-4+/t19-,22+/m0/s1. The van der Waals surface area contributed by atoms with E-state index in [9.17, 15) is 9.90 Å². The molecule has 0 spiro atoms. The van der Waals surface area contributed by atoms with E-state index in [1.807, 2.05) is 50.2 Å². The average Bonchev–Trinajstić information content (AvgIpc) is 2.71. The zero-order valence-electron chi connectivity index (χ0n) is 16.1. The number of nitrogens with zero attached hydrogens (tertiary/aromatic N) is 1. The van der Waals surface area contributed by atoms with Gasteiger partial charge in [0.25, 0.3) is 0 Å². The van der Waals surface area contributed by atoms with Gasteiger partial charge in [-0.3, -0.25) is 4.90 Å². The van der Waals surface area contributed by atoms with Gasteiger partial charge in [0.15, 0.2) is 0 Å². The summed E-state index contributed by atoms with van der Waals surface area (Å²) in [6.45, 7) is 5.31. The first-order valence-corrected chi connectivity index (χ1v) is 9.43. The molecular formula is C23H29NO3. The van der Waals surface area contributed by atoms with Crippen molar-refractivity contribution in [1.29, 1.82) is 0 Å². The maximum atomic E-state index is 11.6. The third-order valence-electron chi connectivity index (χ3n) is 4.48. The molecule has 0 heterocycles. The van der Waals surface area contributed by atoms with Gasteiger partial charge in [-0.2, -0.15) is 0 Å². The van der Waals surface area contributed by atoms with Crippen molar-refractivity contribution in [1.82, 2.24) is 4.90 Å². The number of ether oxygens (including phenoxy) is 1. The zero-order chi connectivity index (χ0) is 19.5. The number of hydrogen-bond acceptors (Lipinski definition) is 4. The molecule has 144 valence electrons. The predicted octanol–water partition coefficient (Wildman–Crippen LogP) is 3.95. The normalized spacial score (nSPS) is 13.6. The summed E-state index contributed by atoms with van der Waals surface area (Å²) in [4.78, 5) is 13.8. The molecule has 0 amide bonds. The largest absolute Gasteiger partial charge is 0.460 e. The molecule has 0 aromatic heterocycles. The Morgan fingerprint density at radius 3 is 2.04 bits per heavy atom. The SMILES string of the molecule is CC/C=C/C(=O)OC[C@@H](O)[C@H](C)N(Cc1ccccc1)Cc1ccccc1. The van der Waals surface area contributed by atoms with Gasteiger partial charge in [0.2, 0.25) is 0 Å². The highest BCUT2D eigenvalue weighted by molar-refractivity contribution is 5.81. The van der Waals surface area contributed by atoms with Gasteiger partial charge in [-0.1, -0.05) is 73.7 Å². The molecule has 0 saturated heterocycles. The van der Waals surface area contributed by atoms with E-state index in [-0.39, 0.29) is 12.6 Å². The first kappa shape index (κ1) is 20.9. The van der Waals surface area contributed by atoms with Crippen LogP contribution in [0.4, 0.5) is 0 Å². The van der Waals surface area contributed by atoms with Crippen molar-refractivity contribution in [2.75, 3.05) is 6.61 Å². The molecule has 0 aliphatic heterocycles. The van der Waals surface area contributed by atoms with Gasteiger partial charge in [-0.15, -0.1) is 0 Å². The second-order valence-electron chi connectivity index (χ2n) is 6.62. The van der Waals surface area contributed by atoms with Crippen LogP contribution in [-0.4, -0.2) is 34.7 Å². The first-order chi connectivity index (χ1) is 13.1. The van der Waals surface area contributed by atoms with E-state index >= 15 is 0 Å². The lowest BCUT2D eigenvalue weighted by Crippen LogP contribution is -2.43. The van der Waals surface area contributed by atoms with Crippen molar-refractivity contribution in [2.45, 2.75) is 45.5 Å². The van der Waals surface area contributed by atoms with E-state index in [4.69, 9.17) is 4.74 Å². The summed E-state index contributed by atoms with van der Waals surface area (Å²) in [5.41, 5.74) is 2.35. The topological polar surface area (TPSA) is 49.8 Å². The monoisotopic (exact) mass is 367 g/mol. The van der Waals surface area contributed by atoms with Gasteiger partial charge in [0.05, 0.1) is 0 Å². The lowest BCUT2D eigenvalue weighted by molar-refractivity contribution is -0.142. The Kier molecular flexibility index (Phi) is 8.75. The average molecular weight is 367 g/mol. The zero-order valence-corrected chi connectivity index (χ0v) is 16.1. The van der Waals surface area contributed by atoms with Crippen LogP contribution < -0.4 is 0 Å². The smallest absolute Gasteiger partial charge is 0.330 e. The fourth-order valence-corrected chi connectivity index (χ4v) is 2.79. The maximum Gasteiger partial charge on any atom is 0.330 e. The van der Waals surface area contributed by atoms with Gasteiger partial charge >= 0.3 is 5.97 Å². The van der Waals surface area contributed by atoms with Gasteiger partial charge in [-0.05, 0) is 24.5 Å². The summed E-state index contributed by atoms with van der Waals surface area (Å²) in [5.74, 6) is -0.416. The van der Waals surface area contributed by atoms with Crippen molar-refractivity contribution in [3.8, 4) is 0 Å². The van der Waals surface area contributed by atoms with E-state index in [1.165, 1.54) is 17.2 Å². The third kappa shape index (κ3) is 7.37. The second-order valence-corrected chi connectivity index (χ2v) is 6.62. The van der Waals surface area contributed by atoms with Crippen molar-refractivity contribution in [3.63, 3.8) is 0 Å². The summed E-state index contributed by atoms with van der Waals surface area (Å²) < 4.78 is 5.18. The lowest BCUT2D eigenvalue weighted by atomic mass is 10.1. The van der Waals surface area contributed by atoms with Crippen LogP contribution in [0, 0.1) is 0 Å². The Labute approximate surface area is 162 Å². The van der Waals surface area contributed by atoms with Crippen molar-refractivity contribution >= 4 is 5.97 Å². The first-order valence-electron chi connectivity index (χ1n) is 9.43. The molecule has 4 nitrogen and oxygen atoms in total. The molecule has 0 aliphatic rings. The Morgan fingerprint density at radius 2 is 1.56 bits per heavy atom.